The van der Waals surface area contributed by atoms with Gasteiger partial charge in [0.15, 0.2) is 23.5 Å². The molecule has 1 N–H and O–H groups in total. The minimum absolute atomic E-state index is 0.00137. The van der Waals surface area contributed by atoms with Gasteiger partial charge < -0.3 is 14.6 Å². The van der Waals surface area contributed by atoms with Crippen LogP contribution in [0.3, 0.4) is 0 Å². The first-order valence-electron chi connectivity index (χ1n) is 15.2. The summed E-state index contributed by atoms with van der Waals surface area (Å²) in [5.41, 5.74) is 0.0457. The number of hydrogen-bond acceptors (Lipinski definition) is 7. The van der Waals surface area contributed by atoms with Crippen LogP contribution in [-0.2, 0) is 19.1 Å². The molecule has 216 valence electrons. The number of benzene rings is 1. The predicted octanol–water partition coefficient (Wildman–Crippen LogP) is 6.07. The second-order valence-electron chi connectivity index (χ2n) is 13.2. The molecule has 0 amide bonds. The van der Waals surface area contributed by atoms with Crippen LogP contribution in [0.5, 0.6) is 0 Å². The highest BCUT2D eigenvalue weighted by Crippen LogP contribution is 2.69. The normalized spacial score (nSPS) is 41.0. The number of hydrogen-bond donors (Lipinski definition) is 1. The van der Waals surface area contributed by atoms with Gasteiger partial charge in [-0.3, -0.25) is 9.59 Å². The Labute approximate surface area is 246 Å². The third-order valence-corrected chi connectivity index (χ3v) is 12.1. The summed E-state index contributed by atoms with van der Waals surface area (Å²) in [7, 11) is 0. The standard InChI is InChI=1S/C34H39NO5S/c1-4-7-30-39-28-17-24-23-12-11-21-16-22(36)14-15-32(21,2)31(23)26(37)18-33(24,3)34(28,40-30)27(38)19-41-29-13-10-20-8-5-6-9-25(20)35-29/h5-6,8-10,13-16,23-24,26,28,30-31,37H,4,7,11-12,17-19H2,1-3H3/t23?,24?,26?,28-,30+,31?,32?,33?,34-/m1/s1. The van der Waals surface area contributed by atoms with E-state index in [1.807, 2.05) is 42.5 Å². The number of aliphatic hydroxyl groups excluding tert-OH is 1. The molecule has 1 saturated heterocycles. The number of aromatic nitrogens is 1. The van der Waals surface area contributed by atoms with Gasteiger partial charge in [-0.25, -0.2) is 4.98 Å². The van der Waals surface area contributed by atoms with E-state index < -0.39 is 23.4 Å². The van der Waals surface area contributed by atoms with Crippen molar-refractivity contribution in [2.75, 3.05) is 5.75 Å². The molecule has 2 aromatic rings. The summed E-state index contributed by atoms with van der Waals surface area (Å²) in [6, 6.07) is 12.0. The molecule has 2 heterocycles. The van der Waals surface area contributed by atoms with E-state index in [0.29, 0.717) is 6.42 Å². The Balaban J connectivity index is 1.21. The van der Waals surface area contributed by atoms with Crippen LogP contribution in [0, 0.1) is 28.6 Å². The van der Waals surface area contributed by atoms with Crippen molar-refractivity contribution in [3.63, 3.8) is 0 Å². The van der Waals surface area contributed by atoms with E-state index in [4.69, 9.17) is 14.5 Å². The van der Waals surface area contributed by atoms with Gasteiger partial charge in [0, 0.05) is 22.1 Å². The number of ether oxygens (including phenoxy) is 2. The number of ketones is 2. The van der Waals surface area contributed by atoms with Crippen LogP contribution in [0.4, 0.5) is 0 Å². The number of rotatable bonds is 6. The first-order valence-corrected chi connectivity index (χ1v) is 16.2. The number of allylic oxidation sites excluding steroid dienone is 4. The van der Waals surface area contributed by atoms with E-state index in [0.717, 1.165) is 53.6 Å². The Bertz CT molecular complexity index is 1470. The molecule has 3 saturated carbocycles. The van der Waals surface area contributed by atoms with Crippen molar-refractivity contribution < 1.29 is 24.2 Å². The molecule has 6 nitrogen and oxygen atoms in total. The van der Waals surface area contributed by atoms with E-state index in [1.54, 1.807) is 12.2 Å². The Hall–Kier alpha value is -2.32. The SMILES string of the molecule is CCC[C@H]1O[C@@H]2CC3C4CCC5=CC(=O)C=CC5(C)C4C(O)CC3(C)[C@]2(C(=O)CSc2ccc3ccccc3n2)O1. The average molecular weight is 574 g/mol. The highest BCUT2D eigenvalue weighted by Gasteiger charge is 2.75. The zero-order valence-corrected chi connectivity index (χ0v) is 24.9. The maximum Gasteiger partial charge on any atom is 0.178 e. The molecule has 1 aromatic carbocycles. The number of nitrogens with zero attached hydrogens (tertiary/aromatic N) is 1. The maximum atomic E-state index is 14.5. The Morgan fingerprint density at radius 3 is 2.85 bits per heavy atom. The van der Waals surface area contributed by atoms with Crippen LogP contribution < -0.4 is 0 Å². The molecule has 1 aromatic heterocycles. The minimum Gasteiger partial charge on any atom is -0.393 e. The van der Waals surface area contributed by atoms with Gasteiger partial charge in [-0.1, -0.05) is 74.9 Å². The lowest BCUT2D eigenvalue weighted by atomic mass is 9.46. The molecule has 0 bridgehead atoms. The van der Waals surface area contributed by atoms with Crippen molar-refractivity contribution in [2.45, 2.75) is 88.4 Å². The first-order chi connectivity index (χ1) is 19.7. The molecule has 7 rings (SSSR count). The molecular weight excluding hydrogens is 534 g/mol. The van der Waals surface area contributed by atoms with E-state index >= 15 is 0 Å². The molecule has 0 radical (unpaired) electrons. The van der Waals surface area contributed by atoms with Crippen LogP contribution in [0.15, 0.2) is 65.2 Å². The van der Waals surface area contributed by atoms with E-state index in [9.17, 15) is 14.7 Å². The summed E-state index contributed by atoms with van der Waals surface area (Å²) < 4.78 is 13.4. The van der Waals surface area contributed by atoms with Gasteiger partial charge in [-0.15, -0.1) is 0 Å². The third kappa shape index (κ3) is 3.99. The minimum atomic E-state index is -1.09. The molecule has 6 unspecified atom stereocenters. The van der Waals surface area contributed by atoms with E-state index in [-0.39, 0.29) is 46.6 Å². The van der Waals surface area contributed by atoms with Gasteiger partial charge in [-0.2, -0.15) is 0 Å². The van der Waals surface area contributed by atoms with Crippen LogP contribution in [0.25, 0.3) is 10.9 Å². The Morgan fingerprint density at radius 1 is 1.20 bits per heavy atom. The topological polar surface area (TPSA) is 85.7 Å². The number of carbonyl (C=O) groups is 2. The zero-order valence-electron chi connectivity index (χ0n) is 24.0. The molecule has 9 atom stereocenters. The fourth-order valence-electron chi connectivity index (χ4n) is 9.38. The molecular formula is C34H39NO5S. The molecule has 7 heteroatoms. The smallest absolute Gasteiger partial charge is 0.178 e. The summed E-state index contributed by atoms with van der Waals surface area (Å²) in [6.07, 6.45) is 8.75. The first kappa shape index (κ1) is 27.5. The van der Waals surface area contributed by atoms with Gasteiger partial charge in [0.25, 0.3) is 0 Å². The summed E-state index contributed by atoms with van der Waals surface area (Å²) >= 11 is 1.46. The zero-order chi connectivity index (χ0) is 28.6. The summed E-state index contributed by atoms with van der Waals surface area (Å²) in [5.74, 6) is 0.715. The number of carbonyl (C=O) groups excluding carboxylic acids is 2. The summed E-state index contributed by atoms with van der Waals surface area (Å²) in [6.45, 7) is 6.46. The molecule has 4 aliphatic carbocycles. The van der Waals surface area contributed by atoms with Gasteiger partial charge in [0.1, 0.15) is 0 Å². The lowest BCUT2D eigenvalue weighted by Gasteiger charge is -2.59. The van der Waals surface area contributed by atoms with Gasteiger partial charge in [0.05, 0.1) is 28.5 Å². The number of thioether (sulfide) groups is 1. The van der Waals surface area contributed by atoms with Crippen molar-refractivity contribution >= 4 is 34.2 Å². The lowest BCUT2D eigenvalue weighted by Crippen LogP contribution is -2.63. The Morgan fingerprint density at radius 2 is 2.02 bits per heavy atom. The average Bonchev–Trinajstić information content (AvgIpc) is 3.44. The van der Waals surface area contributed by atoms with Crippen LogP contribution in [-0.4, -0.2) is 51.5 Å². The largest absolute Gasteiger partial charge is 0.393 e. The van der Waals surface area contributed by atoms with Crippen molar-refractivity contribution in [1.29, 1.82) is 0 Å². The highest BCUT2D eigenvalue weighted by atomic mass is 32.2. The van der Waals surface area contributed by atoms with Crippen LogP contribution in [0.2, 0.25) is 0 Å². The van der Waals surface area contributed by atoms with Crippen molar-refractivity contribution in [1.82, 2.24) is 4.98 Å². The van der Waals surface area contributed by atoms with E-state index in [2.05, 4.69) is 20.8 Å². The number of para-hydroxylation sites is 1. The van der Waals surface area contributed by atoms with Gasteiger partial charge >= 0.3 is 0 Å². The summed E-state index contributed by atoms with van der Waals surface area (Å²) in [4.78, 5) is 31.5. The van der Waals surface area contributed by atoms with Crippen LogP contribution >= 0.6 is 11.8 Å². The number of Topliss-reactive ketones (excluding diaryl/α,β-unsaturated/α-hetero) is 1. The lowest BCUT2D eigenvalue weighted by molar-refractivity contribution is -0.197. The molecule has 5 aliphatic rings. The van der Waals surface area contributed by atoms with Gasteiger partial charge in [0.2, 0.25) is 0 Å². The van der Waals surface area contributed by atoms with Crippen molar-refractivity contribution in [2.24, 2.45) is 28.6 Å². The molecule has 0 spiro atoms. The molecule has 4 fully saturated rings. The monoisotopic (exact) mass is 573 g/mol. The van der Waals surface area contributed by atoms with Gasteiger partial charge in [-0.05, 0) is 68.2 Å². The quantitative estimate of drug-likeness (QED) is 0.420. The second-order valence-corrected chi connectivity index (χ2v) is 14.2. The maximum absolute atomic E-state index is 14.5. The molecule has 41 heavy (non-hydrogen) atoms. The van der Waals surface area contributed by atoms with Crippen LogP contribution in [0.1, 0.15) is 59.3 Å². The second kappa shape index (κ2) is 9.87. The third-order valence-electron chi connectivity index (χ3n) is 11.2. The molecule has 1 aliphatic heterocycles. The highest BCUT2D eigenvalue weighted by molar-refractivity contribution is 7.99. The van der Waals surface area contributed by atoms with Crippen molar-refractivity contribution in [3.05, 3.63) is 60.2 Å². The Kier molecular flexibility index (Phi) is 6.62. The fourth-order valence-corrected chi connectivity index (χ4v) is 10.2. The number of aliphatic hydroxyl groups is 1. The number of fused-ring (bicyclic) bond motifs is 8. The number of pyridine rings is 1. The fraction of sp³-hybridized carbons (Fsp3) is 0.559. The summed E-state index contributed by atoms with van der Waals surface area (Å²) in [5, 5.41) is 13.8. The van der Waals surface area contributed by atoms with E-state index in [1.165, 1.54) is 11.8 Å². The predicted molar refractivity (Wildman–Crippen MR) is 158 cm³/mol. The van der Waals surface area contributed by atoms with Crippen molar-refractivity contribution in [3.8, 4) is 0 Å².